The number of guanidine groups is 1. The number of hydrogen-bond acceptors (Lipinski definition) is 2. The second kappa shape index (κ2) is 10.1. The van der Waals surface area contributed by atoms with E-state index < -0.39 is 0 Å². The van der Waals surface area contributed by atoms with Crippen LogP contribution in [0.3, 0.4) is 0 Å². The van der Waals surface area contributed by atoms with E-state index in [0.717, 1.165) is 12.1 Å². The SMILES string of the molecule is C#CCNC(=O)CN=C(N)Nc1cccc(CC)c1.I. The highest BCUT2D eigenvalue weighted by atomic mass is 127. The van der Waals surface area contributed by atoms with Crippen molar-refractivity contribution < 1.29 is 4.79 Å². The number of carbonyl (C=O) groups excluding carboxylic acids is 1. The second-order valence-corrected chi connectivity index (χ2v) is 3.86. The molecule has 0 unspecified atom stereocenters. The molecule has 0 aromatic heterocycles. The van der Waals surface area contributed by atoms with Crippen molar-refractivity contribution in [2.75, 3.05) is 18.4 Å². The van der Waals surface area contributed by atoms with Crippen LogP contribution in [0.4, 0.5) is 5.69 Å². The summed E-state index contributed by atoms with van der Waals surface area (Å²) in [5, 5.41) is 5.44. The van der Waals surface area contributed by atoms with Crippen LogP contribution in [-0.2, 0) is 11.2 Å². The van der Waals surface area contributed by atoms with Gasteiger partial charge in [-0.15, -0.1) is 30.4 Å². The van der Waals surface area contributed by atoms with E-state index in [4.69, 9.17) is 12.2 Å². The van der Waals surface area contributed by atoms with Crippen molar-refractivity contribution in [2.45, 2.75) is 13.3 Å². The molecule has 0 aliphatic carbocycles. The van der Waals surface area contributed by atoms with E-state index in [2.05, 4.69) is 28.5 Å². The molecule has 0 atom stereocenters. The number of terminal acetylenes is 1. The van der Waals surface area contributed by atoms with E-state index >= 15 is 0 Å². The van der Waals surface area contributed by atoms with Gasteiger partial charge in [0.1, 0.15) is 6.54 Å². The number of nitrogens with one attached hydrogen (secondary N) is 2. The van der Waals surface area contributed by atoms with Crippen molar-refractivity contribution in [2.24, 2.45) is 10.7 Å². The third kappa shape index (κ3) is 6.99. The van der Waals surface area contributed by atoms with Crippen molar-refractivity contribution >= 4 is 41.5 Å². The molecule has 4 N–H and O–H groups in total. The molecule has 5 nitrogen and oxygen atoms in total. The zero-order valence-electron chi connectivity index (χ0n) is 11.3. The Labute approximate surface area is 136 Å². The van der Waals surface area contributed by atoms with Gasteiger partial charge in [0.15, 0.2) is 5.96 Å². The number of benzene rings is 1. The van der Waals surface area contributed by atoms with Gasteiger partial charge in [-0.3, -0.25) is 4.79 Å². The smallest absolute Gasteiger partial charge is 0.242 e. The molecule has 0 aliphatic heterocycles. The van der Waals surface area contributed by atoms with Gasteiger partial charge in [-0.05, 0) is 24.1 Å². The van der Waals surface area contributed by atoms with Crippen LogP contribution in [0.1, 0.15) is 12.5 Å². The monoisotopic (exact) mass is 386 g/mol. The molecule has 0 bridgehead atoms. The van der Waals surface area contributed by atoms with Crippen LogP contribution in [0.5, 0.6) is 0 Å². The fraction of sp³-hybridized carbons (Fsp3) is 0.286. The lowest BCUT2D eigenvalue weighted by atomic mass is 10.1. The number of aryl methyl sites for hydroxylation is 1. The summed E-state index contributed by atoms with van der Waals surface area (Å²) in [6.45, 7) is 2.22. The number of carbonyl (C=O) groups is 1. The minimum Gasteiger partial charge on any atom is -0.370 e. The third-order valence-electron chi connectivity index (χ3n) is 2.39. The molecular formula is C14H19IN4O. The van der Waals surface area contributed by atoms with Crippen LogP contribution in [-0.4, -0.2) is 25.0 Å². The highest BCUT2D eigenvalue weighted by Crippen LogP contribution is 2.10. The predicted octanol–water partition coefficient (Wildman–Crippen LogP) is 1.34. The van der Waals surface area contributed by atoms with Gasteiger partial charge >= 0.3 is 0 Å². The van der Waals surface area contributed by atoms with Gasteiger partial charge in [0.05, 0.1) is 6.54 Å². The maximum Gasteiger partial charge on any atom is 0.242 e. The lowest BCUT2D eigenvalue weighted by molar-refractivity contribution is -0.119. The van der Waals surface area contributed by atoms with Crippen molar-refractivity contribution in [1.82, 2.24) is 5.32 Å². The standard InChI is InChI=1S/C14H18N4O.HI/c1-3-8-16-13(19)10-17-14(15)18-12-7-5-6-11(4-2)9-12;/h1,5-7,9H,4,8,10H2,2H3,(H,16,19)(H3,15,17,18);1H. The number of hydrogen-bond donors (Lipinski definition) is 3. The van der Waals surface area contributed by atoms with Gasteiger partial charge in [0, 0.05) is 5.69 Å². The minimum absolute atomic E-state index is 0. The van der Waals surface area contributed by atoms with Crippen LogP contribution in [0.15, 0.2) is 29.3 Å². The lowest BCUT2D eigenvalue weighted by Gasteiger charge is -2.07. The number of anilines is 1. The zero-order chi connectivity index (χ0) is 14.1. The summed E-state index contributed by atoms with van der Waals surface area (Å²) in [4.78, 5) is 15.2. The Morgan fingerprint density at radius 1 is 1.50 bits per heavy atom. The molecule has 0 fully saturated rings. The summed E-state index contributed by atoms with van der Waals surface area (Å²) in [5.41, 5.74) is 7.74. The molecule has 1 aromatic carbocycles. The quantitative estimate of drug-likeness (QED) is 0.309. The van der Waals surface area contributed by atoms with Crippen molar-refractivity contribution in [3.05, 3.63) is 29.8 Å². The third-order valence-corrected chi connectivity index (χ3v) is 2.39. The molecule has 1 aromatic rings. The van der Waals surface area contributed by atoms with Gasteiger partial charge in [-0.2, -0.15) is 0 Å². The lowest BCUT2D eigenvalue weighted by Crippen LogP contribution is -2.29. The van der Waals surface area contributed by atoms with Gasteiger partial charge in [-0.1, -0.05) is 25.0 Å². The zero-order valence-corrected chi connectivity index (χ0v) is 13.7. The van der Waals surface area contributed by atoms with Crippen molar-refractivity contribution in [1.29, 1.82) is 0 Å². The van der Waals surface area contributed by atoms with E-state index in [9.17, 15) is 4.79 Å². The van der Waals surface area contributed by atoms with E-state index in [1.807, 2.05) is 24.3 Å². The molecule has 0 heterocycles. The van der Waals surface area contributed by atoms with Crippen molar-refractivity contribution in [3.63, 3.8) is 0 Å². The number of aliphatic imine (C=N–C) groups is 1. The summed E-state index contributed by atoms with van der Waals surface area (Å²) in [6, 6.07) is 7.85. The largest absolute Gasteiger partial charge is 0.370 e. The summed E-state index contributed by atoms with van der Waals surface area (Å²) in [5.74, 6) is 2.25. The maximum absolute atomic E-state index is 11.3. The number of nitrogens with zero attached hydrogens (tertiary/aromatic N) is 1. The number of nitrogens with two attached hydrogens (primary N) is 1. The summed E-state index contributed by atoms with van der Waals surface area (Å²) < 4.78 is 0. The van der Waals surface area contributed by atoms with Crippen LogP contribution >= 0.6 is 24.0 Å². The van der Waals surface area contributed by atoms with E-state index in [0.29, 0.717) is 0 Å². The molecule has 1 rings (SSSR count). The Bertz CT molecular complexity index is 508. The molecule has 1 amide bonds. The molecule has 6 heteroatoms. The van der Waals surface area contributed by atoms with Crippen LogP contribution in [0, 0.1) is 12.3 Å². The first-order valence-corrected chi connectivity index (χ1v) is 6.01. The number of amides is 1. The van der Waals surface area contributed by atoms with Crippen LogP contribution in [0.25, 0.3) is 0 Å². The molecule has 0 radical (unpaired) electrons. The Morgan fingerprint density at radius 2 is 2.25 bits per heavy atom. The summed E-state index contributed by atoms with van der Waals surface area (Å²) in [7, 11) is 0. The van der Waals surface area contributed by atoms with Crippen LogP contribution < -0.4 is 16.4 Å². The molecule has 0 spiro atoms. The average Bonchev–Trinajstić information content (AvgIpc) is 2.43. The predicted molar refractivity (Wildman–Crippen MR) is 93.2 cm³/mol. The highest BCUT2D eigenvalue weighted by molar-refractivity contribution is 14.0. The van der Waals surface area contributed by atoms with E-state index in [-0.39, 0.29) is 48.9 Å². The molecule has 108 valence electrons. The van der Waals surface area contributed by atoms with Gasteiger partial charge in [-0.25, -0.2) is 4.99 Å². The fourth-order valence-electron chi connectivity index (χ4n) is 1.42. The Hall–Kier alpha value is -1.75. The van der Waals surface area contributed by atoms with Crippen LogP contribution in [0.2, 0.25) is 0 Å². The topological polar surface area (TPSA) is 79.5 Å². The Balaban J connectivity index is 0.00000361. The van der Waals surface area contributed by atoms with Gasteiger partial charge in [0.25, 0.3) is 0 Å². The second-order valence-electron chi connectivity index (χ2n) is 3.86. The van der Waals surface area contributed by atoms with E-state index in [1.165, 1.54) is 5.56 Å². The minimum atomic E-state index is -0.259. The van der Waals surface area contributed by atoms with E-state index in [1.54, 1.807) is 0 Å². The average molecular weight is 386 g/mol. The Morgan fingerprint density at radius 3 is 2.90 bits per heavy atom. The maximum atomic E-state index is 11.3. The van der Waals surface area contributed by atoms with Crippen molar-refractivity contribution in [3.8, 4) is 12.3 Å². The first-order chi connectivity index (χ1) is 9.15. The fourth-order valence-corrected chi connectivity index (χ4v) is 1.42. The van der Waals surface area contributed by atoms with Gasteiger partial charge in [0.2, 0.25) is 5.91 Å². The Kier molecular flexibility index (Phi) is 9.20. The number of halogens is 1. The first-order valence-electron chi connectivity index (χ1n) is 6.01. The molecule has 20 heavy (non-hydrogen) atoms. The molecule has 0 saturated heterocycles. The first kappa shape index (κ1) is 18.2. The summed E-state index contributed by atoms with van der Waals surface area (Å²) in [6.07, 6.45) is 5.97. The number of rotatable bonds is 5. The van der Waals surface area contributed by atoms with Gasteiger partial charge < -0.3 is 16.4 Å². The highest BCUT2D eigenvalue weighted by Gasteiger charge is 2.00. The molecule has 0 saturated carbocycles. The normalized spacial score (nSPS) is 10.1. The molecule has 0 aliphatic rings. The molecular weight excluding hydrogens is 367 g/mol. The summed E-state index contributed by atoms with van der Waals surface area (Å²) >= 11 is 0.